The van der Waals surface area contributed by atoms with Gasteiger partial charge in [0.05, 0.1) is 24.7 Å². The topological polar surface area (TPSA) is 84.5 Å². The average Bonchev–Trinajstić information content (AvgIpc) is 2.83. The van der Waals surface area contributed by atoms with Crippen LogP contribution in [0, 0.1) is 0 Å². The van der Waals surface area contributed by atoms with Gasteiger partial charge in [-0.15, -0.1) is 0 Å². The number of methoxy groups -OCH3 is 1. The van der Waals surface area contributed by atoms with Crippen LogP contribution in [0.25, 0.3) is 0 Å². The number of hydrogen-bond donors (Lipinski definition) is 2. The van der Waals surface area contributed by atoms with Crippen molar-refractivity contribution < 1.29 is 17.9 Å². The van der Waals surface area contributed by atoms with E-state index in [1.807, 2.05) is 31.2 Å². The Kier molecular flexibility index (Phi) is 5.28. The Morgan fingerprint density at radius 1 is 1.36 bits per heavy atom. The molecule has 1 aliphatic rings. The highest BCUT2D eigenvalue weighted by atomic mass is 32.2. The van der Waals surface area contributed by atoms with Gasteiger partial charge in [0.15, 0.2) is 9.84 Å². The molecule has 2 atom stereocenters. The van der Waals surface area contributed by atoms with Gasteiger partial charge in [-0.25, -0.2) is 13.2 Å². The second-order valence-corrected chi connectivity index (χ2v) is 7.68. The lowest BCUT2D eigenvalue weighted by Gasteiger charge is -2.20. The Labute approximate surface area is 131 Å². The highest BCUT2D eigenvalue weighted by Crippen LogP contribution is 2.20. The summed E-state index contributed by atoms with van der Waals surface area (Å²) in [5, 5.41) is 5.63. The molecule has 7 heteroatoms. The third-order valence-electron chi connectivity index (χ3n) is 3.80. The molecule has 0 spiro atoms. The Bertz CT molecular complexity index is 613. The quantitative estimate of drug-likeness (QED) is 0.861. The lowest BCUT2D eigenvalue weighted by Crippen LogP contribution is -2.43. The molecule has 2 rings (SSSR count). The molecule has 2 amide bonds. The van der Waals surface area contributed by atoms with E-state index >= 15 is 0 Å². The fourth-order valence-electron chi connectivity index (χ4n) is 2.55. The first kappa shape index (κ1) is 16.6. The van der Waals surface area contributed by atoms with Crippen molar-refractivity contribution in [3.05, 3.63) is 29.8 Å². The third kappa shape index (κ3) is 4.37. The van der Waals surface area contributed by atoms with Gasteiger partial charge in [0.2, 0.25) is 0 Å². The minimum Gasteiger partial charge on any atom is -0.497 e. The summed E-state index contributed by atoms with van der Waals surface area (Å²) in [5.74, 6) is 0.937. The van der Waals surface area contributed by atoms with Gasteiger partial charge in [-0.3, -0.25) is 0 Å². The molecule has 6 nitrogen and oxygen atoms in total. The Balaban J connectivity index is 1.93. The average molecular weight is 326 g/mol. The molecular formula is C15H22N2O4S. The fourth-order valence-corrected chi connectivity index (χ4v) is 4.22. The number of rotatable bonds is 5. The zero-order valence-corrected chi connectivity index (χ0v) is 13.7. The van der Waals surface area contributed by atoms with E-state index in [4.69, 9.17) is 4.74 Å². The summed E-state index contributed by atoms with van der Waals surface area (Å²) in [7, 11) is -1.39. The molecule has 1 aromatic carbocycles. The number of nitrogens with one attached hydrogen (secondary N) is 2. The summed E-state index contributed by atoms with van der Waals surface area (Å²) < 4.78 is 27.9. The fraction of sp³-hybridized carbons (Fsp3) is 0.533. The van der Waals surface area contributed by atoms with Crippen LogP contribution in [0.2, 0.25) is 0 Å². The lowest BCUT2D eigenvalue weighted by atomic mass is 10.0. The summed E-state index contributed by atoms with van der Waals surface area (Å²) >= 11 is 0. The summed E-state index contributed by atoms with van der Waals surface area (Å²) in [6.07, 6.45) is 1.22. The number of carbonyl (C=O) groups is 1. The van der Waals surface area contributed by atoms with Gasteiger partial charge >= 0.3 is 6.03 Å². The number of carbonyl (C=O) groups excluding carboxylic acids is 1. The molecule has 1 fully saturated rings. The highest BCUT2D eigenvalue weighted by Gasteiger charge is 2.29. The largest absolute Gasteiger partial charge is 0.497 e. The third-order valence-corrected chi connectivity index (χ3v) is 5.57. The molecule has 1 saturated heterocycles. The van der Waals surface area contributed by atoms with Gasteiger partial charge in [0.25, 0.3) is 0 Å². The van der Waals surface area contributed by atoms with E-state index in [0.29, 0.717) is 6.42 Å². The lowest BCUT2D eigenvalue weighted by molar-refractivity contribution is 0.233. The van der Waals surface area contributed by atoms with Crippen LogP contribution in [0.15, 0.2) is 24.3 Å². The van der Waals surface area contributed by atoms with Crippen molar-refractivity contribution in [3.63, 3.8) is 0 Å². The van der Waals surface area contributed by atoms with Crippen molar-refractivity contribution >= 4 is 15.9 Å². The monoisotopic (exact) mass is 326 g/mol. The van der Waals surface area contributed by atoms with Crippen LogP contribution >= 0.6 is 0 Å². The summed E-state index contributed by atoms with van der Waals surface area (Å²) in [6, 6.07) is 6.77. The molecular weight excluding hydrogens is 304 g/mol. The van der Waals surface area contributed by atoms with Gasteiger partial charge in [0, 0.05) is 6.04 Å². The van der Waals surface area contributed by atoms with Crippen LogP contribution < -0.4 is 15.4 Å². The summed E-state index contributed by atoms with van der Waals surface area (Å²) in [6.45, 7) is 1.98. The maximum Gasteiger partial charge on any atom is 0.315 e. The molecule has 2 N–H and O–H groups in total. The Morgan fingerprint density at radius 2 is 2.05 bits per heavy atom. The molecule has 22 heavy (non-hydrogen) atoms. The van der Waals surface area contributed by atoms with Gasteiger partial charge in [-0.05, 0) is 30.5 Å². The van der Waals surface area contributed by atoms with Crippen molar-refractivity contribution in [2.75, 3.05) is 18.6 Å². The van der Waals surface area contributed by atoms with Gasteiger partial charge < -0.3 is 15.4 Å². The standard InChI is InChI=1S/C15H22N2O4S/c1-3-14(11-4-6-13(21-2)7-5-11)17-15(18)16-12-8-9-22(19,20)10-12/h4-7,12,14H,3,8-10H2,1-2H3,(H2,16,17,18). The maximum absolute atomic E-state index is 12.0. The molecule has 0 aromatic heterocycles. The van der Waals surface area contributed by atoms with Crippen LogP contribution in [0.3, 0.4) is 0 Å². The SMILES string of the molecule is CCC(NC(=O)NC1CCS(=O)(=O)C1)c1ccc(OC)cc1. The predicted molar refractivity (Wildman–Crippen MR) is 84.8 cm³/mol. The smallest absolute Gasteiger partial charge is 0.315 e. The molecule has 2 unspecified atom stereocenters. The molecule has 122 valence electrons. The van der Waals surface area contributed by atoms with Crippen LogP contribution in [-0.4, -0.2) is 39.1 Å². The zero-order valence-electron chi connectivity index (χ0n) is 12.8. The first-order chi connectivity index (χ1) is 10.4. The van der Waals surface area contributed by atoms with Gasteiger partial charge in [-0.2, -0.15) is 0 Å². The maximum atomic E-state index is 12.0. The summed E-state index contributed by atoms with van der Waals surface area (Å²) in [4.78, 5) is 12.0. The molecule has 0 radical (unpaired) electrons. The Hall–Kier alpha value is -1.76. The zero-order chi connectivity index (χ0) is 16.2. The van der Waals surface area contributed by atoms with Crippen LogP contribution in [0.4, 0.5) is 4.79 Å². The van der Waals surface area contributed by atoms with Crippen molar-refractivity contribution in [1.29, 1.82) is 0 Å². The van der Waals surface area contributed by atoms with Crippen molar-refractivity contribution in [2.45, 2.75) is 31.8 Å². The number of ether oxygens (including phenoxy) is 1. The van der Waals surface area contributed by atoms with E-state index in [9.17, 15) is 13.2 Å². The first-order valence-corrected chi connectivity index (χ1v) is 9.17. The molecule has 0 bridgehead atoms. The summed E-state index contributed by atoms with van der Waals surface area (Å²) in [5.41, 5.74) is 0.984. The second-order valence-electron chi connectivity index (χ2n) is 5.45. The van der Waals surface area contributed by atoms with E-state index in [0.717, 1.165) is 17.7 Å². The molecule has 0 aliphatic carbocycles. The molecule has 1 heterocycles. The van der Waals surface area contributed by atoms with E-state index in [1.54, 1.807) is 7.11 Å². The van der Waals surface area contributed by atoms with E-state index < -0.39 is 9.84 Å². The molecule has 1 aromatic rings. The molecule has 1 aliphatic heterocycles. The predicted octanol–water partition coefficient (Wildman–Crippen LogP) is 1.63. The second kappa shape index (κ2) is 7.00. The first-order valence-electron chi connectivity index (χ1n) is 7.35. The number of hydrogen-bond acceptors (Lipinski definition) is 4. The normalized spacial score (nSPS) is 21.1. The minimum atomic E-state index is -2.99. The molecule has 0 saturated carbocycles. The number of sulfone groups is 1. The van der Waals surface area contributed by atoms with E-state index in [-0.39, 0.29) is 29.6 Å². The number of amides is 2. The van der Waals surface area contributed by atoms with Crippen LogP contribution in [0.5, 0.6) is 5.75 Å². The number of urea groups is 1. The van der Waals surface area contributed by atoms with E-state index in [2.05, 4.69) is 10.6 Å². The van der Waals surface area contributed by atoms with E-state index in [1.165, 1.54) is 0 Å². The highest BCUT2D eigenvalue weighted by molar-refractivity contribution is 7.91. The Morgan fingerprint density at radius 3 is 2.55 bits per heavy atom. The van der Waals surface area contributed by atoms with Gasteiger partial charge in [0.1, 0.15) is 5.75 Å². The van der Waals surface area contributed by atoms with Crippen molar-refractivity contribution in [2.24, 2.45) is 0 Å². The van der Waals surface area contributed by atoms with Crippen LogP contribution in [0.1, 0.15) is 31.4 Å². The van der Waals surface area contributed by atoms with Crippen LogP contribution in [-0.2, 0) is 9.84 Å². The number of benzene rings is 1. The van der Waals surface area contributed by atoms with Crippen molar-refractivity contribution in [1.82, 2.24) is 10.6 Å². The van der Waals surface area contributed by atoms with Crippen molar-refractivity contribution in [3.8, 4) is 5.75 Å². The van der Waals surface area contributed by atoms with Gasteiger partial charge in [-0.1, -0.05) is 19.1 Å². The minimum absolute atomic E-state index is 0.0275.